The molecule has 0 atom stereocenters. The van der Waals surface area contributed by atoms with E-state index in [4.69, 9.17) is 4.74 Å². The number of pyridine rings is 1. The summed E-state index contributed by atoms with van der Waals surface area (Å²) >= 11 is 0. The largest absolute Gasteiger partial charge is 0.497 e. The van der Waals surface area contributed by atoms with Crippen LogP contribution in [-0.4, -0.2) is 21.6 Å². The SMILES string of the molecule is COc1ccc(N=Nc2c(C)nc3c(CO)cccn23)cc1. The molecule has 0 radical (unpaired) electrons. The van der Waals surface area contributed by atoms with Gasteiger partial charge in [-0.15, -0.1) is 10.2 Å². The number of aryl methyl sites for hydroxylation is 1. The summed E-state index contributed by atoms with van der Waals surface area (Å²) in [6.07, 6.45) is 1.86. The van der Waals surface area contributed by atoms with Gasteiger partial charge in [0, 0.05) is 11.8 Å². The van der Waals surface area contributed by atoms with Crippen LogP contribution < -0.4 is 4.74 Å². The molecule has 0 unspecified atom stereocenters. The number of benzene rings is 1. The fourth-order valence-corrected chi connectivity index (χ4v) is 2.22. The van der Waals surface area contributed by atoms with Crippen molar-refractivity contribution in [3.05, 3.63) is 53.9 Å². The van der Waals surface area contributed by atoms with Crippen LogP contribution in [0.1, 0.15) is 11.3 Å². The molecule has 0 aliphatic carbocycles. The van der Waals surface area contributed by atoms with Crippen LogP contribution in [0, 0.1) is 6.92 Å². The summed E-state index contributed by atoms with van der Waals surface area (Å²) in [5, 5.41) is 17.9. The maximum Gasteiger partial charge on any atom is 0.182 e. The molecule has 112 valence electrons. The summed E-state index contributed by atoms with van der Waals surface area (Å²) in [7, 11) is 1.62. The normalized spacial score (nSPS) is 11.4. The van der Waals surface area contributed by atoms with Crippen molar-refractivity contribution in [3.63, 3.8) is 0 Å². The Morgan fingerprint density at radius 3 is 2.64 bits per heavy atom. The minimum absolute atomic E-state index is 0.0597. The number of fused-ring (bicyclic) bond motifs is 1. The second-order valence-corrected chi connectivity index (χ2v) is 4.80. The maximum atomic E-state index is 9.37. The molecule has 0 amide bonds. The molecule has 0 bridgehead atoms. The fourth-order valence-electron chi connectivity index (χ4n) is 2.22. The Balaban J connectivity index is 1.99. The molecule has 0 aliphatic heterocycles. The predicted octanol–water partition coefficient (Wildman–Crippen LogP) is 3.56. The third-order valence-electron chi connectivity index (χ3n) is 3.38. The van der Waals surface area contributed by atoms with Gasteiger partial charge in [0.1, 0.15) is 11.4 Å². The van der Waals surface area contributed by atoms with Crippen LogP contribution in [0.3, 0.4) is 0 Å². The molecule has 2 heterocycles. The van der Waals surface area contributed by atoms with Gasteiger partial charge in [-0.3, -0.25) is 4.40 Å². The molecule has 1 aromatic carbocycles. The Morgan fingerprint density at radius 2 is 1.95 bits per heavy atom. The van der Waals surface area contributed by atoms with E-state index < -0.39 is 0 Å². The van der Waals surface area contributed by atoms with Gasteiger partial charge in [0.2, 0.25) is 0 Å². The minimum Gasteiger partial charge on any atom is -0.497 e. The van der Waals surface area contributed by atoms with Crippen molar-refractivity contribution < 1.29 is 9.84 Å². The third-order valence-corrected chi connectivity index (χ3v) is 3.38. The number of hydrogen-bond donors (Lipinski definition) is 1. The summed E-state index contributed by atoms with van der Waals surface area (Å²) in [4.78, 5) is 4.45. The van der Waals surface area contributed by atoms with Crippen molar-refractivity contribution in [3.8, 4) is 5.75 Å². The summed E-state index contributed by atoms with van der Waals surface area (Å²) in [6.45, 7) is 1.81. The van der Waals surface area contributed by atoms with Gasteiger partial charge < -0.3 is 9.84 Å². The topological polar surface area (TPSA) is 71.5 Å². The van der Waals surface area contributed by atoms with E-state index in [-0.39, 0.29) is 6.61 Å². The molecule has 0 fully saturated rings. The van der Waals surface area contributed by atoms with Crippen molar-refractivity contribution >= 4 is 17.2 Å². The highest BCUT2D eigenvalue weighted by Gasteiger charge is 2.10. The van der Waals surface area contributed by atoms with Crippen molar-refractivity contribution in [2.45, 2.75) is 13.5 Å². The molecule has 22 heavy (non-hydrogen) atoms. The Morgan fingerprint density at radius 1 is 1.18 bits per heavy atom. The van der Waals surface area contributed by atoms with Crippen LogP contribution in [0.4, 0.5) is 11.5 Å². The quantitative estimate of drug-likeness (QED) is 0.748. The van der Waals surface area contributed by atoms with Crippen LogP contribution >= 0.6 is 0 Å². The molecule has 0 aliphatic rings. The van der Waals surface area contributed by atoms with Gasteiger partial charge in [0.05, 0.1) is 25.1 Å². The fraction of sp³-hybridized carbons (Fsp3) is 0.188. The van der Waals surface area contributed by atoms with E-state index in [0.717, 1.165) is 22.7 Å². The average molecular weight is 296 g/mol. The molecule has 1 N–H and O–H groups in total. The van der Waals surface area contributed by atoms with Gasteiger partial charge >= 0.3 is 0 Å². The molecular formula is C16H16N4O2. The van der Waals surface area contributed by atoms with Crippen LogP contribution in [0.25, 0.3) is 5.65 Å². The van der Waals surface area contributed by atoms with E-state index in [1.165, 1.54) is 0 Å². The highest BCUT2D eigenvalue weighted by molar-refractivity contribution is 5.56. The number of nitrogens with zero attached hydrogens (tertiary/aromatic N) is 4. The Labute approximate surface area is 127 Å². The molecule has 6 nitrogen and oxygen atoms in total. The summed E-state index contributed by atoms with van der Waals surface area (Å²) < 4.78 is 6.94. The number of aromatic nitrogens is 2. The second-order valence-electron chi connectivity index (χ2n) is 4.80. The van der Waals surface area contributed by atoms with Crippen LogP contribution in [0.2, 0.25) is 0 Å². The first-order chi connectivity index (χ1) is 10.7. The van der Waals surface area contributed by atoms with E-state index in [0.29, 0.717) is 11.5 Å². The van der Waals surface area contributed by atoms with Crippen molar-refractivity contribution in [2.75, 3.05) is 7.11 Å². The monoisotopic (exact) mass is 296 g/mol. The number of hydrogen-bond acceptors (Lipinski definition) is 5. The molecule has 0 spiro atoms. The number of aliphatic hydroxyl groups is 1. The molecule has 2 aromatic heterocycles. The zero-order valence-corrected chi connectivity index (χ0v) is 12.4. The second kappa shape index (κ2) is 5.95. The van der Waals surface area contributed by atoms with Gasteiger partial charge in [0.15, 0.2) is 5.82 Å². The molecule has 3 aromatic rings. The minimum atomic E-state index is -0.0597. The van der Waals surface area contributed by atoms with E-state index in [1.54, 1.807) is 7.11 Å². The first kappa shape index (κ1) is 14.2. The van der Waals surface area contributed by atoms with E-state index in [1.807, 2.05) is 53.9 Å². The summed E-state index contributed by atoms with van der Waals surface area (Å²) in [5.74, 6) is 1.43. The number of aliphatic hydroxyl groups excluding tert-OH is 1. The highest BCUT2D eigenvalue weighted by atomic mass is 16.5. The zero-order chi connectivity index (χ0) is 15.5. The van der Waals surface area contributed by atoms with E-state index in [9.17, 15) is 5.11 Å². The van der Waals surface area contributed by atoms with Gasteiger partial charge in [0.25, 0.3) is 0 Å². The van der Waals surface area contributed by atoms with E-state index >= 15 is 0 Å². The molecule has 3 rings (SSSR count). The number of methoxy groups -OCH3 is 1. The number of ether oxygens (including phenoxy) is 1. The lowest BCUT2D eigenvalue weighted by atomic mass is 10.3. The molecular weight excluding hydrogens is 280 g/mol. The van der Waals surface area contributed by atoms with Crippen molar-refractivity contribution in [1.29, 1.82) is 0 Å². The lowest BCUT2D eigenvalue weighted by molar-refractivity contribution is 0.282. The van der Waals surface area contributed by atoms with Gasteiger partial charge in [-0.2, -0.15) is 0 Å². The van der Waals surface area contributed by atoms with Crippen LogP contribution in [0.5, 0.6) is 5.75 Å². The Kier molecular flexibility index (Phi) is 3.84. The lowest BCUT2D eigenvalue weighted by Gasteiger charge is -2.00. The molecule has 6 heteroatoms. The number of imidazole rings is 1. The van der Waals surface area contributed by atoms with E-state index in [2.05, 4.69) is 15.2 Å². The summed E-state index contributed by atoms with van der Waals surface area (Å²) in [6, 6.07) is 11.0. The standard InChI is InChI=1S/C16H16N4O2/c1-11-15(19-18-13-5-7-14(22-2)8-6-13)20-9-3-4-12(10-21)16(20)17-11/h3-9,21H,10H2,1-2H3. The Hall–Kier alpha value is -2.73. The third kappa shape index (κ3) is 2.56. The average Bonchev–Trinajstić information content (AvgIpc) is 2.88. The smallest absolute Gasteiger partial charge is 0.182 e. The lowest BCUT2D eigenvalue weighted by Crippen LogP contribution is -1.90. The van der Waals surface area contributed by atoms with Crippen molar-refractivity contribution in [2.24, 2.45) is 10.2 Å². The predicted molar refractivity (Wildman–Crippen MR) is 83.0 cm³/mol. The maximum absolute atomic E-state index is 9.37. The zero-order valence-electron chi connectivity index (χ0n) is 12.4. The van der Waals surface area contributed by atoms with Gasteiger partial charge in [-0.1, -0.05) is 6.07 Å². The molecule has 0 saturated carbocycles. The van der Waals surface area contributed by atoms with Gasteiger partial charge in [-0.25, -0.2) is 4.98 Å². The van der Waals surface area contributed by atoms with Crippen molar-refractivity contribution in [1.82, 2.24) is 9.38 Å². The first-order valence-corrected chi connectivity index (χ1v) is 6.86. The Bertz CT molecular complexity index is 822. The number of azo groups is 1. The highest BCUT2D eigenvalue weighted by Crippen LogP contribution is 2.25. The van der Waals surface area contributed by atoms with Gasteiger partial charge in [-0.05, 0) is 37.3 Å². The number of rotatable bonds is 4. The molecule has 0 saturated heterocycles. The first-order valence-electron chi connectivity index (χ1n) is 6.86. The van der Waals surface area contributed by atoms with Crippen LogP contribution in [-0.2, 0) is 6.61 Å². The summed E-state index contributed by atoms with van der Waals surface area (Å²) in [5.41, 5.74) is 2.95. The van der Waals surface area contributed by atoms with Crippen LogP contribution in [0.15, 0.2) is 52.8 Å².